The first kappa shape index (κ1) is 18.9. The molecule has 0 aromatic carbocycles. The predicted octanol–water partition coefficient (Wildman–Crippen LogP) is 2.05. The molecule has 1 fully saturated rings. The molecule has 0 bridgehead atoms. The van der Waals surface area contributed by atoms with Crippen LogP contribution in [0.4, 0.5) is 0 Å². The number of piperidine rings is 1. The highest BCUT2D eigenvalue weighted by molar-refractivity contribution is 5.86. The Morgan fingerprint density at radius 1 is 1.18 bits per heavy atom. The molecule has 0 aliphatic carbocycles. The van der Waals surface area contributed by atoms with Crippen molar-refractivity contribution in [2.75, 3.05) is 19.6 Å². The van der Waals surface area contributed by atoms with E-state index in [0.29, 0.717) is 19.5 Å². The van der Waals surface area contributed by atoms with Crippen molar-refractivity contribution in [2.45, 2.75) is 71.3 Å². The summed E-state index contributed by atoms with van der Waals surface area (Å²) in [5, 5.41) is 3.01. The number of hydrogen-bond donors (Lipinski definition) is 2. The highest BCUT2D eigenvalue weighted by Crippen LogP contribution is 2.21. The van der Waals surface area contributed by atoms with Crippen LogP contribution in [0.2, 0.25) is 0 Å². The molecular formula is C17H33N3O2. The molecule has 5 heteroatoms. The average Bonchev–Trinajstić information content (AvgIpc) is 2.50. The van der Waals surface area contributed by atoms with E-state index in [4.69, 9.17) is 5.73 Å². The van der Waals surface area contributed by atoms with Crippen molar-refractivity contribution >= 4 is 11.8 Å². The summed E-state index contributed by atoms with van der Waals surface area (Å²) in [6.07, 6.45) is 6.44. The first-order valence-corrected chi connectivity index (χ1v) is 8.78. The summed E-state index contributed by atoms with van der Waals surface area (Å²) in [6, 6.07) is 0. The molecule has 5 nitrogen and oxygen atoms in total. The van der Waals surface area contributed by atoms with Crippen molar-refractivity contribution in [3.63, 3.8) is 0 Å². The molecule has 1 atom stereocenters. The van der Waals surface area contributed by atoms with Crippen molar-refractivity contribution in [3.8, 4) is 0 Å². The van der Waals surface area contributed by atoms with Crippen molar-refractivity contribution in [1.29, 1.82) is 0 Å². The number of amides is 2. The molecule has 0 aromatic heterocycles. The summed E-state index contributed by atoms with van der Waals surface area (Å²) in [7, 11) is 0. The van der Waals surface area contributed by atoms with Gasteiger partial charge >= 0.3 is 0 Å². The number of unbranched alkanes of at least 4 members (excludes halogenated alkanes) is 2. The molecule has 0 aromatic rings. The van der Waals surface area contributed by atoms with Crippen LogP contribution in [-0.2, 0) is 9.59 Å². The lowest BCUT2D eigenvalue weighted by molar-refractivity contribution is -0.140. The average molecular weight is 311 g/mol. The molecule has 1 aliphatic rings. The number of rotatable bonds is 8. The highest BCUT2D eigenvalue weighted by Gasteiger charge is 2.35. The van der Waals surface area contributed by atoms with Gasteiger partial charge in [0, 0.05) is 25.6 Å². The van der Waals surface area contributed by atoms with E-state index in [1.807, 2.05) is 18.7 Å². The smallest absolute Gasteiger partial charge is 0.242 e. The van der Waals surface area contributed by atoms with Gasteiger partial charge in [-0.25, -0.2) is 0 Å². The molecule has 1 unspecified atom stereocenters. The van der Waals surface area contributed by atoms with E-state index in [1.54, 1.807) is 0 Å². The van der Waals surface area contributed by atoms with Crippen molar-refractivity contribution < 1.29 is 9.59 Å². The van der Waals surface area contributed by atoms with Gasteiger partial charge in [0.15, 0.2) is 0 Å². The topological polar surface area (TPSA) is 75.4 Å². The lowest BCUT2D eigenvalue weighted by Crippen LogP contribution is -2.55. The van der Waals surface area contributed by atoms with Gasteiger partial charge in [0.25, 0.3) is 0 Å². The lowest BCUT2D eigenvalue weighted by atomic mass is 9.91. The molecule has 128 valence electrons. The fourth-order valence-electron chi connectivity index (χ4n) is 3.06. The maximum Gasteiger partial charge on any atom is 0.242 e. The minimum atomic E-state index is -0.774. The quantitative estimate of drug-likeness (QED) is 0.674. The number of carbonyl (C=O) groups excluding carboxylic acids is 2. The van der Waals surface area contributed by atoms with Crippen LogP contribution in [0.25, 0.3) is 0 Å². The molecular weight excluding hydrogens is 278 g/mol. The minimum Gasteiger partial charge on any atom is -0.356 e. The van der Waals surface area contributed by atoms with E-state index in [1.165, 1.54) is 0 Å². The second kappa shape index (κ2) is 9.13. The van der Waals surface area contributed by atoms with Crippen molar-refractivity contribution in [3.05, 3.63) is 0 Å². The second-order valence-electron chi connectivity index (χ2n) is 6.73. The maximum atomic E-state index is 12.4. The number of nitrogens with one attached hydrogen (secondary N) is 1. The molecule has 22 heavy (non-hydrogen) atoms. The van der Waals surface area contributed by atoms with Gasteiger partial charge in [0.05, 0.1) is 5.54 Å². The van der Waals surface area contributed by atoms with Gasteiger partial charge in [0.1, 0.15) is 0 Å². The third-order valence-electron chi connectivity index (χ3n) is 4.49. The fraction of sp³-hybridized carbons (Fsp3) is 0.882. The molecule has 2 amide bonds. The lowest BCUT2D eigenvalue weighted by Gasteiger charge is -2.36. The normalized spacial score (nSPS) is 18.8. The van der Waals surface area contributed by atoms with E-state index in [9.17, 15) is 9.59 Å². The van der Waals surface area contributed by atoms with Crippen LogP contribution in [-0.4, -0.2) is 41.9 Å². The van der Waals surface area contributed by atoms with Gasteiger partial charge in [-0.3, -0.25) is 9.59 Å². The number of hydrogen-bond acceptors (Lipinski definition) is 3. The van der Waals surface area contributed by atoms with Gasteiger partial charge in [-0.15, -0.1) is 0 Å². The van der Waals surface area contributed by atoms with Crippen molar-refractivity contribution in [2.24, 2.45) is 11.7 Å². The largest absolute Gasteiger partial charge is 0.356 e. The number of likely N-dealkylation sites (tertiary alicyclic amines) is 1. The molecule has 1 heterocycles. The molecule has 1 aliphatic heterocycles. The van der Waals surface area contributed by atoms with Crippen LogP contribution in [0.5, 0.6) is 0 Å². The SMILES string of the molecule is CCCCCNC(=O)C1CCN(C(=O)C(C)(N)CCC)CC1. The van der Waals surface area contributed by atoms with Gasteiger partial charge in [0.2, 0.25) is 11.8 Å². The van der Waals surface area contributed by atoms with Crippen LogP contribution >= 0.6 is 0 Å². The molecule has 0 radical (unpaired) electrons. The van der Waals surface area contributed by atoms with E-state index in [0.717, 1.165) is 45.1 Å². The zero-order valence-corrected chi connectivity index (χ0v) is 14.5. The Bertz CT molecular complexity index is 361. The van der Waals surface area contributed by atoms with Gasteiger partial charge in [-0.2, -0.15) is 0 Å². The fourth-order valence-corrected chi connectivity index (χ4v) is 3.06. The van der Waals surface area contributed by atoms with Gasteiger partial charge < -0.3 is 16.0 Å². The Kier molecular flexibility index (Phi) is 7.87. The standard InChI is InChI=1S/C17H33N3O2/c1-4-6-7-11-19-15(21)14-8-12-20(13-9-14)16(22)17(3,18)10-5-2/h14H,4-13,18H2,1-3H3,(H,19,21). The van der Waals surface area contributed by atoms with Crippen LogP contribution in [0, 0.1) is 5.92 Å². The third-order valence-corrected chi connectivity index (χ3v) is 4.49. The monoisotopic (exact) mass is 311 g/mol. The van der Waals surface area contributed by atoms with Crippen molar-refractivity contribution in [1.82, 2.24) is 10.2 Å². The summed E-state index contributed by atoms with van der Waals surface area (Å²) in [5.41, 5.74) is 5.35. The van der Waals surface area contributed by atoms with Crippen LogP contribution in [0.1, 0.15) is 65.7 Å². The zero-order valence-electron chi connectivity index (χ0n) is 14.5. The van der Waals surface area contributed by atoms with Crippen LogP contribution in [0.15, 0.2) is 0 Å². The second-order valence-corrected chi connectivity index (χ2v) is 6.73. The van der Waals surface area contributed by atoms with E-state index in [-0.39, 0.29) is 17.7 Å². The van der Waals surface area contributed by atoms with E-state index < -0.39 is 5.54 Å². The highest BCUT2D eigenvalue weighted by atomic mass is 16.2. The molecule has 1 rings (SSSR count). The Morgan fingerprint density at radius 3 is 2.36 bits per heavy atom. The number of carbonyl (C=O) groups is 2. The van der Waals surface area contributed by atoms with Gasteiger partial charge in [-0.05, 0) is 32.6 Å². The van der Waals surface area contributed by atoms with E-state index in [2.05, 4.69) is 12.2 Å². The summed E-state index contributed by atoms with van der Waals surface area (Å²) in [4.78, 5) is 26.4. The summed E-state index contributed by atoms with van der Waals surface area (Å²) < 4.78 is 0. The molecule has 1 saturated heterocycles. The molecule has 0 spiro atoms. The van der Waals surface area contributed by atoms with E-state index >= 15 is 0 Å². The number of nitrogens with two attached hydrogens (primary N) is 1. The Balaban J connectivity index is 2.36. The Morgan fingerprint density at radius 2 is 1.82 bits per heavy atom. The molecule has 0 saturated carbocycles. The first-order chi connectivity index (χ1) is 10.4. The summed E-state index contributed by atoms with van der Waals surface area (Å²) in [6.45, 7) is 8.05. The maximum absolute atomic E-state index is 12.4. The van der Waals surface area contributed by atoms with Crippen LogP contribution < -0.4 is 11.1 Å². The zero-order chi connectivity index (χ0) is 16.6. The summed E-state index contributed by atoms with van der Waals surface area (Å²) in [5.74, 6) is 0.212. The minimum absolute atomic E-state index is 0.0242. The summed E-state index contributed by atoms with van der Waals surface area (Å²) >= 11 is 0. The third kappa shape index (κ3) is 5.59. The Hall–Kier alpha value is -1.10. The Labute approximate surface area is 135 Å². The first-order valence-electron chi connectivity index (χ1n) is 8.78. The van der Waals surface area contributed by atoms with Gasteiger partial charge in [-0.1, -0.05) is 33.1 Å². The number of nitrogens with zero attached hydrogens (tertiary/aromatic N) is 1. The molecule has 3 N–H and O–H groups in total. The predicted molar refractivity (Wildman–Crippen MR) is 89.3 cm³/mol. The van der Waals surface area contributed by atoms with Crippen LogP contribution in [0.3, 0.4) is 0 Å².